The third-order valence-corrected chi connectivity index (χ3v) is 2.11. The van der Waals surface area contributed by atoms with Crippen molar-refractivity contribution in [1.82, 2.24) is 4.98 Å². The fourth-order valence-electron chi connectivity index (χ4n) is 1.30. The standard InChI is InChI=1S/C11H14ClNO3/c1-4-15-10-9(11(14)16-5-2)7(3)6-8(12)13-10/h6H,4-5H2,1-3H3. The zero-order valence-corrected chi connectivity index (χ0v) is 10.3. The number of hydrogen-bond acceptors (Lipinski definition) is 4. The number of rotatable bonds is 4. The Morgan fingerprint density at radius 3 is 2.69 bits per heavy atom. The quantitative estimate of drug-likeness (QED) is 0.603. The zero-order chi connectivity index (χ0) is 12.1. The molecule has 0 aliphatic carbocycles. The van der Waals surface area contributed by atoms with Crippen LogP contribution >= 0.6 is 11.6 Å². The maximum Gasteiger partial charge on any atom is 0.343 e. The number of aryl methyl sites for hydroxylation is 1. The van der Waals surface area contributed by atoms with E-state index in [2.05, 4.69) is 4.98 Å². The van der Waals surface area contributed by atoms with Gasteiger partial charge in [0.1, 0.15) is 10.7 Å². The first-order chi connectivity index (χ1) is 7.60. The minimum Gasteiger partial charge on any atom is -0.477 e. The van der Waals surface area contributed by atoms with Crippen molar-refractivity contribution in [3.63, 3.8) is 0 Å². The molecule has 0 aliphatic rings. The smallest absolute Gasteiger partial charge is 0.343 e. The van der Waals surface area contributed by atoms with Crippen LogP contribution in [0.15, 0.2) is 6.07 Å². The van der Waals surface area contributed by atoms with Crippen molar-refractivity contribution in [1.29, 1.82) is 0 Å². The van der Waals surface area contributed by atoms with Crippen molar-refractivity contribution >= 4 is 17.6 Å². The van der Waals surface area contributed by atoms with Crippen LogP contribution in [-0.2, 0) is 4.74 Å². The van der Waals surface area contributed by atoms with Crippen LogP contribution < -0.4 is 4.74 Å². The molecule has 0 spiro atoms. The largest absolute Gasteiger partial charge is 0.477 e. The molecule has 4 nitrogen and oxygen atoms in total. The first kappa shape index (κ1) is 12.8. The monoisotopic (exact) mass is 243 g/mol. The number of ether oxygens (including phenoxy) is 2. The Labute approximate surface area is 99.5 Å². The van der Waals surface area contributed by atoms with Crippen molar-refractivity contribution in [2.24, 2.45) is 0 Å². The number of carbonyl (C=O) groups is 1. The highest BCUT2D eigenvalue weighted by atomic mass is 35.5. The zero-order valence-electron chi connectivity index (χ0n) is 9.54. The molecule has 0 amide bonds. The van der Waals surface area contributed by atoms with Crippen molar-refractivity contribution in [2.45, 2.75) is 20.8 Å². The van der Waals surface area contributed by atoms with Crippen molar-refractivity contribution in [3.8, 4) is 5.88 Å². The fourth-order valence-corrected chi connectivity index (χ4v) is 1.54. The maximum atomic E-state index is 11.7. The van der Waals surface area contributed by atoms with E-state index >= 15 is 0 Å². The molecular weight excluding hydrogens is 230 g/mol. The first-order valence-corrected chi connectivity index (χ1v) is 5.45. The van der Waals surface area contributed by atoms with Crippen LogP contribution in [0.4, 0.5) is 0 Å². The lowest BCUT2D eigenvalue weighted by molar-refractivity contribution is 0.0520. The summed E-state index contributed by atoms with van der Waals surface area (Å²) in [7, 11) is 0. The number of hydrogen-bond donors (Lipinski definition) is 0. The molecule has 0 fully saturated rings. The van der Waals surface area contributed by atoms with E-state index in [1.807, 2.05) is 6.92 Å². The molecule has 0 aromatic carbocycles. The van der Waals surface area contributed by atoms with Gasteiger partial charge in [-0.25, -0.2) is 9.78 Å². The van der Waals surface area contributed by atoms with E-state index in [4.69, 9.17) is 21.1 Å². The predicted octanol–water partition coefficient (Wildman–Crippen LogP) is 2.62. The van der Waals surface area contributed by atoms with Gasteiger partial charge in [0.05, 0.1) is 13.2 Å². The van der Waals surface area contributed by atoms with E-state index in [0.717, 1.165) is 0 Å². The number of carbonyl (C=O) groups excluding carboxylic acids is 1. The number of pyridine rings is 1. The molecular formula is C11H14ClNO3. The average Bonchev–Trinajstić information content (AvgIpc) is 2.17. The van der Waals surface area contributed by atoms with Crippen LogP contribution in [0.25, 0.3) is 0 Å². The number of aromatic nitrogens is 1. The van der Waals surface area contributed by atoms with Crippen molar-refractivity contribution < 1.29 is 14.3 Å². The second-order valence-corrected chi connectivity index (χ2v) is 3.48. The first-order valence-electron chi connectivity index (χ1n) is 5.07. The second-order valence-electron chi connectivity index (χ2n) is 3.10. The molecule has 0 unspecified atom stereocenters. The molecule has 1 aromatic heterocycles. The summed E-state index contributed by atoms with van der Waals surface area (Å²) >= 11 is 5.80. The summed E-state index contributed by atoms with van der Waals surface area (Å²) in [5.41, 5.74) is 1.04. The normalized spacial score (nSPS) is 10.0. The lowest BCUT2D eigenvalue weighted by Gasteiger charge is -2.11. The van der Waals surface area contributed by atoms with Gasteiger partial charge in [-0.05, 0) is 32.4 Å². The molecule has 1 heterocycles. The molecule has 0 saturated carbocycles. The summed E-state index contributed by atoms with van der Waals surface area (Å²) in [4.78, 5) is 15.7. The Morgan fingerprint density at radius 1 is 1.44 bits per heavy atom. The number of esters is 1. The highest BCUT2D eigenvalue weighted by Crippen LogP contribution is 2.24. The van der Waals surface area contributed by atoms with Gasteiger partial charge in [0.2, 0.25) is 5.88 Å². The van der Waals surface area contributed by atoms with Crippen LogP contribution in [0.1, 0.15) is 29.8 Å². The van der Waals surface area contributed by atoms with E-state index < -0.39 is 5.97 Å². The molecule has 1 aromatic rings. The molecule has 1 rings (SSSR count). The predicted molar refractivity (Wildman–Crippen MR) is 61.1 cm³/mol. The highest BCUT2D eigenvalue weighted by Gasteiger charge is 2.19. The Bertz CT molecular complexity index is 393. The minimum atomic E-state index is -0.437. The second kappa shape index (κ2) is 5.70. The van der Waals surface area contributed by atoms with Gasteiger partial charge in [-0.2, -0.15) is 0 Å². The van der Waals surface area contributed by atoms with Gasteiger partial charge >= 0.3 is 5.97 Å². The van der Waals surface area contributed by atoms with Crippen LogP contribution in [0.2, 0.25) is 5.15 Å². The Hall–Kier alpha value is -1.29. The maximum absolute atomic E-state index is 11.7. The van der Waals surface area contributed by atoms with Gasteiger partial charge < -0.3 is 9.47 Å². The average molecular weight is 244 g/mol. The topological polar surface area (TPSA) is 48.4 Å². The van der Waals surface area contributed by atoms with Crippen LogP contribution in [0.3, 0.4) is 0 Å². The minimum absolute atomic E-state index is 0.228. The van der Waals surface area contributed by atoms with E-state index in [1.54, 1.807) is 19.9 Å². The van der Waals surface area contributed by atoms with Crippen LogP contribution in [0.5, 0.6) is 5.88 Å². The Kier molecular flexibility index (Phi) is 4.55. The van der Waals surface area contributed by atoms with Crippen molar-refractivity contribution in [3.05, 3.63) is 22.3 Å². The fraction of sp³-hybridized carbons (Fsp3) is 0.455. The van der Waals surface area contributed by atoms with Gasteiger partial charge in [-0.3, -0.25) is 0 Å². The Balaban J connectivity index is 3.18. The molecule has 0 bridgehead atoms. The summed E-state index contributed by atoms with van der Waals surface area (Å²) < 4.78 is 10.2. The molecule has 5 heteroatoms. The van der Waals surface area contributed by atoms with E-state index in [1.165, 1.54) is 0 Å². The SMILES string of the molecule is CCOC(=O)c1c(C)cc(Cl)nc1OCC. The summed E-state index contributed by atoms with van der Waals surface area (Å²) in [5.74, 6) is -0.210. The lowest BCUT2D eigenvalue weighted by atomic mass is 10.1. The molecule has 0 radical (unpaired) electrons. The Morgan fingerprint density at radius 2 is 2.12 bits per heavy atom. The summed E-state index contributed by atoms with van der Waals surface area (Å²) in [5, 5.41) is 0.300. The van der Waals surface area contributed by atoms with Gasteiger partial charge in [0, 0.05) is 0 Å². The molecule has 0 N–H and O–H groups in total. The molecule has 0 aliphatic heterocycles. The van der Waals surface area contributed by atoms with Crippen LogP contribution in [-0.4, -0.2) is 24.2 Å². The molecule has 0 saturated heterocycles. The van der Waals surface area contributed by atoms with Gasteiger partial charge in [-0.15, -0.1) is 0 Å². The lowest BCUT2D eigenvalue weighted by Crippen LogP contribution is -2.11. The number of nitrogens with zero attached hydrogens (tertiary/aromatic N) is 1. The third kappa shape index (κ3) is 2.85. The van der Waals surface area contributed by atoms with E-state index in [0.29, 0.717) is 29.5 Å². The summed E-state index contributed by atoms with van der Waals surface area (Å²) in [6.07, 6.45) is 0. The van der Waals surface area contributed by atoms with Gasteiger partial charge in [0.25, 0.3) is 0 Å². The molecule has 88 valence electrons. The van der Waals surface area contributed by atoms with E-state index in [-0.39, 0.29) is 5.88 Å². The number of halogens is 1. The van der Waals surface area contributed by atoms with Crippen molar-refractivity contribution in [2.75, 3.05) is 13.2 Å². The van der Waals surface area contributed by atoms with Crippen LogP contribution in [0, 0.1) is 6.92 Å². The van der Waals surface area contributed by atoms with E-state index in [9.17, 15) is 4.79 Å². The third-order valence-electron chi connectivity index (χ3n) is 1.91. The highest BCUT2D eigenvalue weighted by molar-refractivity contribution is 6.29. The van der Waals surface area contributed by atoms with Gasteiger partial charge in [0.15, 0.2) is 0 Å². The van der Waals surface area contributed by atoms with Gasteiger partial charge in [-0.1, -0.05) is 11.6 Å². The summed E-state index contributed by atoms with van der Waals surface area (Å²) in [6.45, 7) is 6.05. The molecule has 16 heavy (non-hydrogen) atoms. The molecule has 0 atom stereocenters. The summed E-state index contributed by atoms with van der Waals surface area (Å²) in [6, 6.07) is 1.61.